The standard InChI is InChI=1S/C19H21ClN4OS/c1-4-5-10-24-18(20)17(12(2)23-24)19(25)22-15-8-6-14(7-9-15)16-11-26-13(3)21-16/h6-9,11H,4-5,10H2,1-3H3,(H,22,25). The summed E-state index contributed by atoms with van der Waals surface area (Å²) < 4.78 is 1.70. The van der Waals surface area contributed by atoms with E-state index in [1.807, 2.05) is 36.6 Å². The van der Waals surface area contributed by atoms with Gasteiger partial charge in [-0.1, -0.05) is 37.1 Å². The van der Waals surface area contributed by atoms with Gasteiger partial charge in [-0.15, -0.1) is 11.3 Å². The Morgan fingerprint density at radius 3 is 2.62 bits per heavy atom. The molecule has 0 unspecified atom stereocenters. The zero-order valence-electron chi connectivity index (χ0n) is 15.0. The number of unbranched alkanes of at least 4 members (excludes halogenated alkanes) is 1. The van der Waals surface area contributed by atoms with Crippen LogP contribution in [-0.2, 0) is 6.54 Å². The van der Waals surface area contributed by atoms with Gasteiger partial charge in [0.1, 0.15) is 5.15 Å². The first-order valence-electron chi connectivity index (χ1n) is 8.56. The molecule has 0 atom stereocenters. The van der Waals surface area contributed by atoms with E-state index in [4.69, 9.17) is 11.6 Å². The highest BCUT2D eigenvalue weighted by molar-refractivity contribution is 7.09. The highest BCUT2D eigenvalue weighted by atomic mass is 35.5. The summed E-state index contributed by atoms with van der Waals surface area (Å²) >= 11 is 7.98. The number of nitrogens with zero attached hydrogens (tertiary/aromatic N) is 3. The van der Waals surface area contributed by atoms with Crippen LogP contribution in [0.15, 0.2) is 29.6 Å². The van der Waals surface area contributed by atoms with Crippen LogP contribution < -0.4 is 5.32 Å². The van der Waals surface area contributed by atoms with E-state index in [0.29, 0.717) is 28.6 Å². The van der Waals surface area contributed by atoms with Gasteiger partial charge in [0, 0.05) is 23.2 Å². The molecule has 3 rings (SSSR count). The predicted octanol–water partition coefficient (Wildman–Crippen LogP) is 5.33. The molecule has 7 heteroatoms. The Bertz CT molecular complexity index is 914. The Morgan fingerprint density at radius 1 is 1.27 bits per heavy atom. The lowest BCUT2D eigenvalue weighted by molar-refractivity contribution is 0.102. The molecule has 0 fully saturated rings. The highest BCUT2D eigenvalue weighted by Crippen LogP contribution is 2.25. The van der Waals surface area contributed by atoms with Gasteiger partial charge in [-0.3, -0.25) is 9.48 Å². The molecule has 5 nitrogen and oxygen atoms in total. The zero-order chi connectivity index (χ0) is 18.7. The zero-order valence-corrected chi connectivity index (χ0v) is 16.6. The van der Waals surface area contributed by atoms with Gasteiger partial charge >= 0.3 is 0 Å². The second kappa shape index (κ2) is 8.01. The molecule has 26 heavy (non-hydrogen) atoms. The average molecular weight is 389 g/mol. The van der Waals surface area contributed by atoms with Crippen molar-refractivity contribution >= 4 is 34.5 Å². The van der Waals surface area contributed by atoms with Crippen molar-refractivity contribution in [3.8, 4) is 11.3 Å². The summed E-state index contributed by atoms with van der Waals surface area (Å²) in [6.07, 6.45) is 2.01. The molecule has 1 aromatic carbocycles. The number of halogens is 1. The Kier molecular flexibility index (Phi) is 5.74. The number of hydrogen-bond donors (Lipinski definition) is 1. The second-order valence-corrected chi connectivity index (χ2v) is 7.53. The quantitative estimate of drug-likeness (QED) is 0.620. The molecule has 2 aromatic heterocycles. The number of nitrogens with one attached hydrogen (secondary N) is 1. The normalized spacial score (nSPS) is 10.9. The van der Waals surface area contributed by atoms with Crippen molar-refractivity contribution in [1.29, 1.82) is 0 Å². The summed E-state index contributed by atoms with van der Waals surface area (Å²) in [4.78, 5) is 17.1. The van der Waals surface area contributed by atoms with Crippen LogP contribution in [0, 0.1) is 13.8 Å². The lowest BCUT2D eigenvalue weighted by atomic mass is 10.1. The summed E-state index contributed by atoms with van der Waals surface area (Å²) in [5, 5.41) is 10.7. The van der Waals surface area contributed by atoms with Crippen LogP contribution in [0.1, 0.15) is 40.8 Å². The van der Waals surface area contributed by atoms with E-state index in [0.717, 1.165) is 29.1 Å². The Balaban J connectivity index is 1.75. The van der Waals surface area contributed by atoms with E-state index in [1.165, 1.54) is 0 Å². The maximum absolute atomic E-state index is 12.6. The summed E-state index contributed by atoms with van der Waals surface area (Å²) in [5.41, 5.74) is 3.75. The first-order valence-corrected chi connectivity index (χ1v) is 9.82. The SMILES string of the molecule is CCCCn1nc(C)c(C(=O)Nc2ccc(-c3csc(C)n3)cc2)c1Cl. The molecule has 0 aliphatic carbocycles. The lowest BCUT2D eigenvalue weighted by Crippen LogP contribution is -2.13. The van der Waals surface area contributed by atoms with Crippen LogP contribution in [0.2, 0.25) is 5.15 Å². The minimum absolute atomic E-state index is 0.243. The minimum Gasteiger partial charge on any atom is -0.322 e. The van der Waals surface area contributed by atoms with Gasteiger partial charge in [0.15, 0.2) is 0 Å². The van der Waals surface area contributed by atoms with Crippen molar-refractivity contribution < 1.29 is 4.79 Å². The van der Waals surface area contributed by atoms with E-state index in [9.17, 15) is 4.79 Å². The highest BCUT2D eigenvalue weighted by Gasteiger charge is 2.20. The monoisotopic (exact) mass is 388 g/mol. The molecule has 0 aliphatic rings. The van der Waals surface area contributed by atoms with Gasteiger partial charge in [-0.25, -0.2) is 4.98 Å². The molecule has 1 amide bonds. The van der Waals surface area contributed by atoms with Crippen LogP contribution in [-0.4, -0.2) is 20.7 Å². The number of hydrogen-bond acceptors (Lipinski definition) is 4. The molecule has 0 aliphatic heterocycles. The van der Waals surface area contributed by atoms with Crippen molar-refractivity contribution in [2.45, 2.75) is 40.2 Å². The molecule has 0 saturated heterocycles. The van der Waals surface area contributed by atoms with Crippen LogP contribution in [0.3, 0.4) is 0 Å². The number of benzene rings is 1. The molecular formula is C19H21ClN4OS. The topological polar surface area (TPSA) is 59.8 Å². The maximum Gasteiger partial charge on any atom is 0.260 e. The molecule has 3 aromatic rings. The van der Waals surface area contributed by atoms with E-state index in [1.54, 1.807) is 22.9 Å². The van der Waals surface area contributed by atoms with Crippen molar-refractivity contribution in [2.75, 3.05) is 5.32 Å². The number of anilines is 1. The van der Waals surface area contributed by atoms with Crippen molar-refractivity contribution in [1.82, 2.24) is 14.8 Å². The third-order valence-corrected chi connectivity index (χ3v) is 5.23. The van der Waals surface area contributed by atoms with Crippen LogP contribution >= 0.6 is 22.9 Å². The molecule has 1 N–H and O–H groups in total. The van der Waals surface area contributed by atoms with Gasteiger partial charge in [0.25, 0.3) is 5.91 Å². The number of carbonyl (C=O) groups excluding carboxylic acids is 1. The minimum atomic E-state index is -0.243. The average Bonchev–Trinajstić information content (AvgIpc) is 3.17. The third kappa shape index (κ3) is 3.97. The number of carbonyl (C=O) groups is 1. The lowest BCUT2D eigenvalue weighted by Gasteiger charge is -2.06. The molecular weight excluding hydrogens is 368 g/mol. The van der Waals surface area contributed by atoms with Gasteiger partial charge in [0.2, 0.25) is 0 Å². The Morgan fingerprint density at radius 2 is 2.00 bits per heavy atom. The third-order valence-electron chi connectivity index (χ3n) is 4.07. The van der Waals surface area contributed by atoms with E-state index < -0.39 is 0 Å². The fourth-order valence-electron chi connectivity index (χ4n) is 2.68. The van der Waals surface area contributed by atoms with Gasteiger partial charge < -0.3 is 5.32 Å². The van der Waals surface area contributed by atoms with Crippen molar-refractivity contribution in [2.24, 2.45) is 0 Å². The molecule has 136 valence electrons. The second-order valence-electron chi connectivity index (χ2n) is 6.11. The Labute approximate surface area is 162 Å². The van der Waals surface area contributed by atoms with Crippen LogP contribution in [0.5, 0.6) is 0 Å². The first-order chi connectivity index (χ1) is 12.5. The van der Waals surface area contributed by atoms with Gasteiger partial charge in [-0.05, 0) is 32.4 Å². The van der Waals surface area contributed by atoms with Crippen LogP contribution in [0.4, 0.5) is 5.69 Å². The summed E-state index contributed by atoms with van der Waals surface area (Å²) in [6.45, 7) is 6.60. The van der Waals surface area contributed by atoms with Crippen molar-refractivity contribution in [3.05, 3.63) is 51.1 Å². The number of thiazole rings is 1. The van der Waals surface area contributed by atoms with Gasteiger partial charge in [-0.2, -0.15) is 5.10 Å². The van der Waals surface area contributed by atoms with Crippen molar-refractivity contribution in [3.63, 3.8) is 0 Å². The van der Waals surface area contributed by atoms with E-state index in [2.05, 4.69) is 22.3 Å². The van der Waals surface area contributed by atoms with E-state index >= 15 is 0 Å². The maximum atomic E-state index is 12.6. The Hall–Kier alpha value is -2.18. The number of aromatic nitrogens is 3. The molecule has 0 saturated carbocycles. The fourth-order valence-corrected chi connectivity index (χ4v) is 3.65. The summed E-state index contributed by atoms with van der Waals surface area (Å²) in [5.74, 6) is -0.243. The summed E-state index contributed by atoms with van der Waals surface area (Å²) in [7, 11) is 0. The van der Waals surface area contributed by atoms with E-state index in [-0.39, 0.29) is 5.91 Å². The molecule has 0 radical (unpaired) electrons. The summed E-state index contributed by atoms with van der Waals surface area (Å²) in [6, 6.07) is 7.63. The largest absolute Gasteiger partial charge is 0.322 e. The molecule has 0 spiro atoms. The van der Waals surface area contributed by atoms with Crippen LogP contribution in [0.25, 0.3) is 11.3 Å². The smallest absolute Gasteiger partial charge is 0.260 e. The fraction of sp³-hybridized carbons (Fsp3) is 0.316. The number of aryl methyl sites for hydroxylation is 3. The molecule has 2 heterocycles. The number of rotatable bonds is 6. The molecule has 0 bridgehead atoms. The first kappa shape index (κ1) is 18.6. The number of amides is 1. The van der Waals surface area contributed by atoms with Gasteiger partial charge in [0.05, 0.1) is 22.0 Å². The predicted molar refractivity (Wildman–Crippen MR) is 107 cm³/mol.